The van der Waals surface area contributed by atoms with Crippen LogP contribution in [-0.2, 0) is 11.2 Å². The van der Waals surface area contributed by atoms with Gasteiger partial charge in [0.1, 0.15) is 0 Å². The number of nitrogens with one attached hydrogen (secondary N) is 1. The van der Waals surface area contributed by atoms with Gasteiger partial charge in [0, 0.05) is 17.1 Å². The third kappa shape index (κ3) is 3.13. The predicted octanol–water partition coefficient (Wildman–Crippen LogP) is 3.84. The van der Waals surface area contributed by atoms with Crippen LogP contribution < -0.4 is 5.32 Å². The number of carbonyl (C=O) groups is 1. The number of pyridine rings is 1. The highest BCUT2D eigenvalue weighted by Gasteiger charge is 2.18. The van der Waals surface area contributed by atoms with E-state index in [1.54, 1.807) is 0 Å². The molecular weight excluding hydrogens is 272 g/mol. The Bertz CT molecular complexity index is 687. The fraction of sp³-hybridized carbons (Fsp3) is 0.474. The van der Waals surface area contributed by atoms with E-state index in [1.807, 2.05) is 25.1 Å². The van der Waals surface area contributed by atoms with Gasteiger partial charge in [-0.2, -0.15) is 0 Å². The van der Waals surface area contributed by atoms with Gasteiger partial charge in [0.25, 0.3) is 0 Å². The van der Waals surface area contributed by atoms with Crippen LogP contribution in [0.1, 0.15) is 48.9 Å². The highest BCUT2D eigenvalue weighted by Crippen LogP contribution is 2.23. The smallest absolute Gasteiger partial charge is 0.224 e. The van der Waals surface area contributed by atoms with Gasteiger partial charge < -0.3 is 5.32 Å². The fourth-order valence-corrected chi connectivity index (χ4v) is 3.52. The second kappa shape index (κ2) is 6.47. The number of aryl methyl sites for hydroxylation is 2. The maximum Gasteiger partial charge on any atom is 0.224 e. The third-order valence-electron chi connectivity index (χ3n) is 4.79. The van der Waals surface area contributed by atoms with Crippen LogP contribution in [0.3, 0.4) is 0 Å². The molecule has 1 aliphatic rings. The molecule has 2 aromatic rings. The Balaban J connectivity index is 1.79. The molecule has 3 rings (SSSR count). The standard InChI is InChI=1S/C19H24N2O/c1-13-16-10-6-7-11-18(16)20-14(2)17(13)12-19(22)21-15-8-4-3-5-9-15/h6-7,10-11,15H,3-5,8-9,12H2,1-2H3,(H,21,22). The van der Waals surface area contributed by atoms with Gasteiger partial charge in [0.05, 0.1) is 11.9 Å². The molecule has 1 aromatic heterocycles. The topological polar surface area (TPSA) is 42.0 Å². The zero-order valence-electron chi connectivity index (χ0n) is 13.5. The molecule has 0 spiro atoms. The van der Waals surface area contributed by atoms with Gasteiger partial charge in [0.2, 0.25) is 5.91 Å². The number of fused-ring (bicyclic) bond motifs is 1. The van der Waals surface area contributed by atoms with Crippen LogP contribution in [0.2, 0.25) is 0 Å². The summed E-state index contributed by atoms with van der Waals surface area (Å²) in [6.45, 7) is 4.10. The van der Waals surface area contributed by atoms with Crippen molar-refractivity contribution in [3.63, 3.8) is 0 Å². The second-order valence-corrected chi connectivity index (χ2v) is 6.40. The number of aromatic nitrogens is 1. The number of hydrogen-bond acceptors (Lipinski definition) is 2. The minimum Gasteiger partial charge on any atom is -0.353 e. The lowest BCUT2D eigenvalue weighted by atomic mass is 9.95. The van der Waals surface area contributed by atoms with Crippen molar-refractivity contribution in [1.29, 1.82) is 0 Å². The van der Waals surface area contributed by atoms with E-state index in [2.05, 4.69) is 23.3 Å². The number of para-hydroxylation sites is 1. The monoisotopic (exact) mass is 296 g/mol. The Morgan fingerprint density at radius 2 is 1.91 bits per heavy atom. The first-order chi connectivity index (χ1) is 10.6. The van der Waals surface area contributed by atoms with Gasteiger partial charge >= 0.3 is 0 Å². The van der Waals surface area contributed by atoms with Gasteiger partial charge in [-0.15, -0.1) is 0 Å². The van der Waals surface area contributed by atoms with Gasteiger partial charge in [-0.25, -0.2) is 0 Å². The molecule has 1 saturated carbocycles. The Hall–Kier alpha value is -1.90. The van der Waals surface area contributed by atoms with Crippen LogP contribution >= 0.6 is 0 Å². The van der Waals surface area contributed by atoms with Crippen LogP contribution in [0, 0.1) is 13.8 Å². The van der Waals surface area contributed by atoms with E-state index >= 15 is 0 Å². The first-order valence-electron chi connectivity index (χ1n) is 8.29. The molecule has 0 bridgehead atoms. The van der Waals surface area contributed by atoms with E-state index in [9.17, 15) is 4.79 Å². The quantitative estimate of drug-likeness (QED) is 0.935. The van der Waals surface area contributed by atoms with Gasteiger partial charge in [-0.05, 0) is 43.9 Å². The molecule has 1 aromatic carbocycles. The molecule has 1 fully saturated rings. The minimum absolute atomic E-state index is 0.134. The molecule has 0 aliphatic heterocycles. The summed E-state index contributed by atoms with van der Waals surface area (Å²) in [7, 11) is 0. The normalized spacial score (nSPS) is 15.9. The Kier molecular flexibility index (Phi) is 4.41. The first-order valence-corrected chi connectivity index (χ1v) is 8.29. The van der Waals surface area contributed by atoms with Crippen LogP contribution in [0.5, 0.6) is 0 Å². The van der Waals surface area contributed by atoms with Gasteiger partial charge in [-0.3, -0.25) is 9.78 Å². The maximum absolute atomic E-state index is 12.4. The molecule has 1 aliphatic carbocycles. The van der Waals surface area contributed by atoms with E-state index in [-0.39, 0.29) is 5.91 Å². The maximum atomic E-state index is 12.4. The highest BCUT2D eigenvalue weighted by atomic mass is 16.1. The van der Waals surface area contributed by atoms with E-state index < -0.39 is 0 Å². The molecule has 116 valence electrons. The molecule has 0 radical (unpaired) electrons. The number of benzene rings is 1. The Labute approximate surface area is 132 Å². The lowest BCUT2D eigenvalue weighted by Gasteiger charge is -2.23. The summed E-state index contributed by atoms with van der Waals surface area (Å²) < 4.78 is 0. The van der Waals surface area contributed by atoms with Crippen LogP contribution in [-0.4, -0.2) is 16.9 Å². The number of amides is 1. The number of hydrogen-bond donors (Lipinski definition) is 1. The third-order valence-corrected chi connectivity index (χ3v) is 4.79. The lowest BCUT2D eigenvalue weighted by Crippen LogP contribution is -2.37. The summed E-state index contributed by atoms with van der Waals surface area (Å²) in [5.74, 6) is 0.134. The van der Waals surface area contributed by atoms with Crippen LogP contribution in [0.25, 0.3) is 10.9 Å². The molecule has 3 nitrogen and oxygen atoms in total. The largest absolute Gasteiger partial charge is 0.353 e. The Morgan fingerprint density at radius 1 is 1.18 bits per heavy atom. The average molecular weight is 296 g/mol. The van der Waals surface area contributed by atoms with Crippen molar-refractivity contribution in [3.8, 4) is 0 Å². The van der Waals surface area contributed by atoms with E-state index in [0.29, 0.717) is 12.5 Å². The molecule has 1 heterocycles. The lowest BCUT2D eigenvalue weighted by molar-refractivity contribution is -0.121. The summed E-state index contributed by atoms with van der Waals surface area (Å²) in [4.78, 5) is 17.0. The van der Waals surface area contributed by atoms with Crippen LogP contribution in [0.4, 0.5) is 0 Å². The number of nitrogens with zero attached hydrogens (tertiary/aromatic N) is 1. The molecule has 0 unspecified atom stereocenters. The van der Waals surface area contributed by atoms with Crippen LogP contribution in [0.15, 0.2) is 24.3 Å². The number of rotatable bonds is 3. The zero-order chi connectivity index (χ0) is 15.5. The van der Waals surface area contributed by atoms with Crippen molar-refractivity contribution < 1.29 is 4.79 Å². The van der Waals surface area contributed by atoms with E-state index in [0.717, 1.165) is 35.0 Å². The summed E-state index contributed by atoms with van der Waals surface area (Å²) in [5.41, 5.74) is 4.23. The van der Waals surface area contributed by atoms with E-state index in [1.165, 1.54) is 24.8 Å². The van der Waals surface area contributed by atoms with Crippen molar-refractivity contribution in [1.82, 2.24) is 10.3 Å². The van der Waals surface area contributed by atoms with Crippen molar-refractivity contribution in [2.24, 2.45) is 0 Å². The predicted molar refractivity (Wildman–Crippen MR) is 89.9 cm³/mol. The van der Waals surface area contributed by atoms with Crippen molar-refractivity contribution in [3.05, 3.63) is 41.1 Å². The fourth-order valence-electron chi connectivity index (χ4n) is 3.52. The second-order valence-electron chi connectivity index (χ2n) is 6.40. The van der Waals surface area contributed by atoms with Crippen molar-refractivity contribution in [2.45, 2.75) is 58.4 Å². The number of carbonyl (C=O) groups excluding carboxylic acids is 1. The summed E-state index contributed by atoms with van der Waals surface area (Å²) >= 11 is 0. The van der Waals surface area contributed by atoms with Crippen molar-refractivity contribution in [2.75, 3.05) is 0 Å². The molecule has 0 atom stereocenters. The zero-order valence-corrected chi connectivity index (χ0v) is 13.5. The summed E-state index contributed by atoms with van der Waals surface area (Å²) in [6, 6.07) is 8.51. The molecule has 0 saturated heterocycles. The minimum atomic E-state index is 0.134. The van der Waals surface area contributed by atoms with E-state index in [4.69, 9.17) is 0 Å². The van der Waals surface area contributed by atoms with Gasteiger partial charge in [0.15, 0.2) is 0 Å². The molecule has 1 amide bonds. The first kappa shape index (κ1) is 15.0. The Morgan fingerprint density at radius 3 is 2.68 bits per heavy atom. The molecular formula is C19H24N2O. The van der Waals surface area contributed by atoms with Crippen molar-refractivity contribution >= 4 is 16.8 Å². The molecule has 1 N–H and O–H groups in total. The average Bonchev–Trinajstić information content (AvgIpc) is 2.52. The molecule has 22 heavy (non-hydrogen) atoms. The molecule has 3 heteroatoms. The summed E-state index contributed by atoms with van der Waals surface area (Å²) in [5, 5.41) is 4.35. The summed E-state index contributed by atoms with van der Waals surface area (Å²) in [6.07, 6.45) is 6.46. The SMILES string of the molecule is Cc1nc2ccccc2c(C)c1CC(=O)NC1CCCCC1. The highest BCUT2D eigenvalue weighted by molar-refractivity contribution is 5.86. The van der Waals surface area contributed by atoms with Gasteiger partial charge in [-0.1, -0.05) is 37.5 Å².